The van der Waals surface area contributed by atoms with Gasteiger partial charge in [0.1, 0.15) is 5.76 Å². The summed E-state index contributed by atoms with van der Waals surface area (Å²) in [5.74, 6) is 1.04. The molecule has 0 aromatic carbocycles. The molecule has 0 saturated heterocycles. The first kappa shape index (κ1) is 14.0. The number of hydrogen-bond acceptors (Lipinski definition) is 3. The molecule has 96 valence electrons. The van der Waals surface area contributed by atoms with Crippen molar-refractivity contribution in [3.05, 3.63) is 35.8 Å². The number of hydrogen-bond donors (Lipinski definition) is 1. The van der Waals surface area contributed by atoms with Crippen molar-refractivity contribution >= 4 is 0 Å². The zero-order valence-electron chi connectivity index (χ0n) is 11.4. The molecule has 1 heterocycles. The molecule has 0 bridgehead atoms. The molecule has 1 rings (SSSR count). The van der Waals surface area contributed by atoms with Gasteiger partial charge in [-0.25, -0.2) is 0 Å². The van der Waals surface area contributed by atoms with Crippen LogP contribution < -0.4 is 5.32 Å². The standard InChI is InChI=1S/C14H24N2O/c1-11(2)9-16(5)10-14-13(6-7-17-14)8-15-12(3)4/h6-7,12,15H,1,8-10H2,2-5H3. The zero-order valence-corrected chi connectivity index (χ0v) is 11.4. The molecule has 0 atom stereocenters. The van der Waals surface area contributed by atoms with Gasteiger partial charge in [-0.3, -0.25) is 4.90 Å². The largest absolute Gasteiger partial charge is 0.468 e. The van der Waals surface area contributed by atoms with Crippen LogP contribution in [-0.4, -0.2) is 24.5 Å². The van der Waals surface area contributed by atoms with E-state index in [0.29, 0.717) is 6.04 Å². The first-order valence-electron chi connectivity index (χ1n) is 6.10. The predicted molar refractivity (Wildman–Crippen MR) is 71.8 cm³/mol. The van der Waals surface area contributed by atoms with Crippen LogP contribution in [0.5, 0.6) is 0 Å². The van der Waals surface area contributed by atoms with Crippen LogP contribution in [0.15, 0.2) is 28.9 Å². The van der Waals surface area contributed by atoms with Gasteiger partial charge in [-0.05, 0) is 20.0 Å². The number of nitrogens with zero attached hydrogens (tertiary/aromatic N) is 1. The van der Waals surface area contributed by atoms with Gasteiger partial charge in [0.05, 0.1) is 12.8 Å². The highest BCUT2D eigenvalue weighted by Gasteiger charge is 2.09. The second-order valence-electron chi connectivity index (χ2n) is 5.03. The maximum absolute atomic E-state index is 5.54. The van der Waals surface area contributed by atoms with Gasteiger partial charge in [-0.1, -0.05) is 26.0 Å². The third-order valence-electron chi connectivity index (χ3n) is 2.49. The molecule has 0 amide bonds. The highest BCUT2D eigenvalue weighted by atomic mass is 16.3. The van der Waals surface area contributed by atoms with E-state index in [4.69, 9.17) is 4.42 Å². The van der Waals surface area contributed by atoms with E-state index >= 15 is 0 Å². The van der Waals surface area contributed by atoms with E-state index in [0.717, 1.165) is 25.4 Å². The lowest BCUT2D eigenvalue weighted by molar-refractivity contribution is 0.314. The number of furan rings is 1. The second kappa shape index (κ2) is 6.62. The molecule has 3 heteroatoms. The van der Waals surface area contributed by atoms with Crippen molar-refractivity contribution < 1.29 is 4.42 Å². The molecular formula is C14H24N2O. The Morgan fingerprint density at radius 2 is 2.24 bits per heavy atom. The van der Waals surface area contributed by atoms with Gasteiger partial charge in [-0.15, -0.1) is 0 Å². The van der Waals surface area contributed by atoms with Crippen LogP contribution in [0.1, 0.15) is 32.1 Å². The van der Waals surface area contributed by atoms with Crippen molar-refractivity contribution in [1.82, 2.24) is 10.2 Å². The van der Waals surface area contributed by atoms with E-state index in [1.54, 1.807) is 6.26 Å². The van der Waals surface area contributed by atoms with Gasteiger partial charge in [0.15, 0.2) is 0 Å². The summed E-state index contributed by atoms with van der Waals surface area (Å²) in [5.41, 5.74) is 2.41. The first-order valence-corrected chi connectivity index (χ1v) is 6.10. The molecule has 1 aromatic heterocycles. The van der Waals surface area contributed by atoms with Crippen molar-refractivity contribution in [3.63, 3.8) is 0 Å². The lowest BCUT2D eigenvalue weighted by Gasteiger charge is -2.16. The van der Waals surface area contributed by atoms with Crippen LogP contribution in [0.25, 0.3) is 0 Å². The Balaban J connectivity index is 2.53. The Morgan fingerprint density at radius 3 is 2.82 bits per heavy atom. The van der Waals surface area contributed by atoms with Gasteiger partial charge in [0.2, 0.25) is 0 Å². The monoisotopic (exact) mass is 236 g/mol. The minimum Gasteiger partial charge on any atom is -0.468 e. The third-order valence-corrected chi connectivity index (χ3v) is 2.49. The first-order chi connectivity index (χ1) is 7.99. The molecule has 0 aliphatic carbocycles. The smallest absolute Gasteiger partial charge is 0.122 e. The molecule has 1 N–H and O–H groups in total. The van der Waals surface area contributed by atoms with E-state index in [2.05, 4.69) is 37.7 Å². The van der Waals surface area contributed by atoms with E-state index in [-0.39, 0.29) is 0 Å². The van der Waals surface area contributed by atoms with Crippen molar-refractivity contribution in [2.45, 2.75) is 39.9 Å². The van der Waals surface area contributed by atoms with Gasteiger partial charge in [-0.2, -0.15) is 0 Å². The molecule has 0 radical (unpaired) electrons. The predicted octanol–water partition coefficient (Wildman–Crippen LogP) is 2.79. The fourth-order valence-corrected chi connectivity index (χ4v) is 1.74. The van der Waals surface area contributed by atoms with Crippen LogP contribution in [0.3, 0.4) is 0 Å². The lowest BCUT2D eigenvalue weighted by atomic mass is 10.2. The molecule has 0 spiro atoms. The summed E-state index contributed by atoms with van der Waals surface area (Å²) in [6, 6.07) is 2.53. The maximum atomic E-state index is 5.54. The number of likely N-dealkylation sites (N-methyl/N-ethyl adjacent to an activating group) is 1. The SMILES string of the molecule is C=C(C)CN(C)Cc1occc1CNC(C)C. The second-order valence-corrected chi connectivity index (χ2v) is 5.03. The minimum atomic E-state index is 0.492. The fraction of sp³-hybridized carbons (Fsp3) is 0.571. The Labute approximate surface area is 104 Å². The zero-order chi connectivity index (χ0) is 12.8. The summed E-state index contributed by atoms with van der Waals surface area (Å²) in [6.07, 6.45) is 1.77. The molecule has 1 aromatic rings. The lowest BCUT2D eigenvalue weighted by Crippen LogP contribution is -2.24. The Kier molecular flexibility index (Phi) is 5.45. The van der Waals surface area contributed by atoms with Crippen LogP contribution in [-0.2, 0) is 13.1 Å². The van der Waals surface area contributed by atoms with Gasteiger partial charge < -0.3 is 9.73 Å². The van der Waals surface area contributed by atoms with Crippen molar-refractivity contribution in [3.8, 4) is 0 Å². The maximum Gasteiger partial charge on any atom is 0.122 e. The Hall–Kier alpha value is -1.06. The van der Waals surface area contributed by atoms with Crippen LogP contribution in [0, 0.1) is 0 Å². The van der Waals surface area contributed by atoms with Crippen molar-refractivity contribution in [2.75, 3.05) is 13.6 Å². The van der Waals surface area contributed by atoms with Crippen molar-refractivity contribution in [2.24, 2.45) is 0 Å². The molecule has 0 saturated carbocycles. The number of rotatable bonds is 7. The summed E-state index contributed by atoms with van der Waals surface area (Å²) in [6.45, 7) is 12.8. The fourth-order valence-electron chi connectivity index (χ4n) is 1.74. The quantitative estimate of drug-likeness (QED) is 0.738. The van der Waals surface area contributed by atoms with E-state index < -0.39 is 0 Å². The average molecular weight is 236 g/mol. The topological polar surface area (TPSA) is 28.4 Å². The summed E-state index contributed by atoms with van der Waals surface area (Å²) in [5, 5.41) is 3.41. The molecule has 0 aliphatic heterocycles. The van der Waals surface area contributed by atoms with Crippen LogP contribution in [0.2, 0.25) is 0 Å². The molecule has 0 fully saturated rings. The number of nitrogens with one attached hydrogen (secondary N) is 1. The van der Waals surface area contributed by atoms with Crippen LogP contribution in [0.4, 0.5) is 0 Å². The molecule has 3 nitrogen and oxygen atoms in total. The normalized spacial score (nSPS) is 11.4. The molecule has 0 aliphatic rings. The molecule has 17 heavy (non-hydrogen) atoms. The van der Waals surface area contributed by atoms with E-state index in [9.17, 15) is 0 Å². The Morgan fingerprint density at radius 1 is 1.53 bits per heavy atom. The minimum absolute atomic E-state index is 0.492. The van der Waals surface area contributed by atoms with Gasteiger partial charge in [0.25, 0.3) is 0 Å². The van der Waals surface area contributed by atoms with Crippen LogP contribution >= 0.6 is 0 Å². The highest BCUT2D eigenvalue weighted by Crippen LogP contribution is 2.13. The third kappa shape index (κ3) is 5.20. The van der Waals surface area contributed by atoms with Gasteiger partial charge in [0, 0.05) is 24.7 Å². The average Bonchev–Trinajstić information content (AvgIpc) is 2.60. The van der Waals surface area contributed by atoms with E-state index in [1.807, 2.05) is 13.0 Å². The van der Waals surface area contributed by atoms with E-state index in [1.165, 1.54) is 11.1 Å². The summed E-state index contributed by atoms with van der Waals surface area (Å²) >= 11 is 0. The van der Waals surface area contributed by atoms with Gasteiger partial charge >= 0.3 is 0 Å². The summed E-state index contributed by atoms with van der Waals surface area (Å²) in [7, 11) is 2.08. The summed E-state index contributed by atoms with van der Waals surface area (Å²) < 4.78 is 5.54. The summed E-state index contributed by atoms with van der Waals surface area (Å²) in [4.78, 5) is 2.21. The highest BCUT2D eigenvalue weighted by molar-refractivity contribution is 5.17. The molecule has 0 unspecified atom stereocenters. The van der Waals surface area contributed by atoms with Crippen molar-refractivity contribution in [1.29, 1.82) is 0 Å². The Bertz CT molecular complexity index is 355. The molecular weight excluding hydrogens is 212 g/mol.